The van der Waals surface area contributed by atoms with Gasteiger partial charge in [0, 0.05) is 12.3 Å². The summed E-state index contributed by atoms with van der Waals surface area (Å²) in [7, 11) is -3.50. The lowest BCUT2D eigenvalue weighted by Gasteiger charge is -2.10. The molecule has 0 bridgehead atoms. The topological polar surface area (TPSA) is 92.3 Å². The summed E-state index contributed by atoms with van der Waals surface area (Å²) < 4.78 is 23.2. The van der Waals surface area contributed by atoms with Gasteiger partial charge in [-0.2, -0.15) is 0 Å². The normalized spacial score (nSPS) is 11.2. The van der Waals surface area contributed by atoms with Crippen LogP contribution in [-0.4, -0.2) is 39.1 Å². The highest BCUT2D eigenvalue weighted by Crippen LogP contribution is 2.14. The molecule has 20 heavy (non-hydrogen) atoms. The molecule has 0 radical (unpaired) electrons. The molecule has 0 atom stereocenters. The molecule has 0 heterocycles. The Bertz CT molecular complexity index is 609. The highest BCUT2D eigenvalue weighted by Gasteiger charge is 2.18. The second-order valence-electron chi connectivity index (χ2n) is 4.67. The number of rotatable bonds is 5. The molecule has 2 N–H and O–H groups in total. The first kappa shape index (κ1) is 16.2. The van der Waals surface area contributed by atoms with E-state index in [1.807, 2.05) is 0 Å². The minimum absolute atomic E-state index is 0.0253. The molecule has 0 fully saturated rings. The largest absolute Gasteiger partial charge is 0.352 e. The van der Waals surface area contributed by atoms with Crippen LogP contribution in [0, 0.1) is 0 Å². The first-order valence-electron chi connectivity index (χ1n) is 6.08. The van der Waals surface area contributed by atoms with Crippen molar-refractivity contribution in [3.8, 4) is 0 Å². The fourth-order valence-electron chi connectivity index (χ4n) is 1.61. The molecule has 1 aromatic rings. The first-order chi connectivity index (χ1) is 9.21. The minimum Gasteiger partial charge on any atom is -0.352 e. The van der Waals surface area contributed by atoms with Crippen molar-refractivity contribution in [3.05, 3.63) is 29.8 Å². The Labute approximate surface area is 118 Å². The Kier molecular flexibility index (Phi) is 5.26. The summed E-state index contributed by atoms with van der Waals surface area (Å²) in [6.45, 7) is 3.41. The Morgan fingerprint density at radius 1 is 1.20 bits per heavy atom. The average molecular weight is 298 g/mol. The van der Waals surface area contributed by atoms with Gasteiger partial charge in [-0.3, -0.25) is 9.59 Å². The van der Waals surface area contributed by atoms with Crippen LogP contribution in [0.2, 0.25) is 0 Å². The van der Waals surface area contributed by atoms with Gasteiger partial charge in [-0.25, -0.2) is 8.42 Å². The molecular weight excluding hydrogens is 280 g/mol. The summed E-state index contributed by atoms with van der Waals surface area (Å²) in [5.41, 5.74) is 0.0346. The molecule has 7 heteroatoms. The van der Waals surface area contributed by atoms with Crippen molar-refractivity contribution in [1.29, 1.82) is 0 Å². The summed E-state index contributed by atoms with van der Waals surface area (Å²) in [4.78, 5) is 23.3. The van der Waals surface area contributed by atoms with E-state index in [-0.39, 0.29) is 29.0 Å². The molecule has 0 aromatic heterocycles. The smallest absolute Gasteiger partial charge is 0.253 e. The molecule has 0 saturated carbocycles. The standard InChI is InChI=1S/C13H18N2O4S/c1-9(2)15-12(16)8-14-13(17)10-6-4-5-7-11(10)20(3,18)19/h4-7,9H,8H2,1-3H3,(H,14,17)(H,15,16). The van der Waals surface area contributed by atoms with E-state index in [9.17, 15) is 18.0 Å². The van der Waals surface area contributed by atoms with Crippen molar-refractivity contribution < 1.29 is 18.0 Å². The maximum absolute atomic E-state index is 11.9. The van der Waals surface area contributed by atoms with Crippen LogP contribution in [0.1, 0.15) is 24.2 Å². The molecule has 1 aromatic carbocycles. The Morgan fingerprint density at radius 2 is 1.80 bits per heavy atom. The third kappa shape index (κ3) is 4.65. The third-order valence-corrected chi connectivity index (χ3v) is 3.55. The van der Waals surface area contributed by atoms with E-state index in [4.69, 9.17) is 0 Å². The van der Waals surface area contributed by atoms with Crippen LogP contribution >= 0.6 is 0 Å². The zero-order valence-corrected chi connectivity index (χ0v) is 12.5. The molecule has 0 unspecified atom stereocenters. The molecule has 1 rings (SSSR count). The van der Waals surface area contributed by atoms with Crippen LogP contribution < -0.4 is 10.6 Å². The molecule has 110 valence electrons. The highest BCUT2D eigenvalue weighted by atomic mass is 32.2. The maximum Gasteiger partial charge on any atom is 0.253 e. The van der Waals surface area contributed by atoms with Gasteiger partial charge in [-0.1, -0.05) is 12.1 Å². The first-order valence-corrected chi connectivity index (χ1v) is 7.97. The van der Waals surface area contributed by atoms with E-state index >= 15 is 0 Å². The van der Waals surface area contributed by atoms with Crippen LogP contribution in [0.15, 0.2) is 29.2 Å². The van der Waals surface area contributed by atoms with E-state index in [2.05, 4.69) is 10.6 Å². The third-order valence-electron chi connectivity index (χ3n) is 2.39. The zero-order valence-electron chi connectivity index (χ0n) is 11.6. The van der Waals surface area contributed by atoms with Crippen LogP contribution in [0.3, 0.4) is 0 Å². The average Bonchev–Trinajstić information content (AvgIpc) is 2.34. The van der Waals surface area contributed by atoms with Gasteiger partial charge in [-0.05, 0) is 26.0 Å². The Hall–Kier alpha value is -1.89. The van der Waals surface area contributed by atoms with Crippen molar-refractivity contribution >= 4 is 21.7 Å². The lowest BCUT2D eigenvalue weighted by Crippen LogP contribution is -2.40. The molecule has 6 nitrogen and oxygen atoms in total. The lowest BCUT2D eigenvalue weighted by atomic mass is 10.2. The molecule has 0 spiro atoms. The van der Waals surface area contributed by atoms with Crippen molar-refractivity contribution in [1.82, 2.24) is 10.6 Å². The van der Waals surface area contributed by atoms with Gasteiger partial charge in [0.25, 0.3) is 5.91 Å². The summed E-state index contributed by atoms with van der Waals surface area (Å²) in [5.74, 6) is -0.921. The molecule has 0 aliphatic rings. The van der Waals surface area contributed by atoms with Gasteiger partial charge in [0.1, 0.15) is 0 Å². The minimum atomic E-state index is -3.50. The highest BCUT2D eigenvalue weighted by molar-refractivity contribution is 7.90. The summed E-state index contributed by atoms with van der Waals surface area (Å²) in [5, 5.41) is 5.02. The van der Waals surface area contributed by atoms with Gasteiger partial charge >= 0.3 is 0 Å². The molecule has 0 saturated heterocycles. The van der Waals surface area contributed by atoms with E-state index in [1.165, 1.54) is 12.1 Å². The number of hydrogen-bond acceptors (Lipinski definition) is 4. The second-order valence-corrected chi connectivity index (χ2v) is 6.66. The monoisotopic (exact) mass is 298 g/mol. The van der Waals surface area contributed by atoms with E-state index in [0.29, 0.717) is 0 Å². The number of carbonyl (C=O) groups is 2. The van der Waals surface area contributed by atoms with Crippen LogP contribution in [0.4, 0.5) is 0 Å². The number of amides is 2. The molecule has 0 aliphatic carbocycles. The Balaban J connectivity index is 2.82. The van der Waals surface area contributed by atoms with E-state index < -0.39 is 15.7 Å². The quantitative estimate of drug-likeness (QED) is 0.820. The van der Waals surface area contributed by atoms with Gasteiger partial charge in [-0.15, -0.1) is 0 Å². The number of nitrogens with one attached hydrogen (secondary N) is 2. The predicted molar refractivity (Wildman–Crippen MR) is 75.2 cm³/mol. The van der Waals surface area contributed by atoms with Gasteiger partial charge in [0.15, 0.2) is 9.84 Å². The van der Waals surface area contributed by atoms with Crippen molar-refractivity contribution in [2.24, 2.45) is 0 Å². The number of carbonyl (C=O) groups excluding carboxylic acids is 2. The lowest BCUT2D eigenvalue weighted by molar-refractivity contribution is -0.120. The SMILES string of the molecule is CC(C)NC(=O)CNC(=O)c1ccccc1S(C)(=O)=O. The number of benzene rings is 1. The van der Waals surface area contributed by atoms with Crippen LogP contribution in [-0.2, 0) is 14.6 Å². The van der Waals surface area contributed by atoms with Crippen molar-refractivity contribution in [3.63, 3.8) is 0 Å². The summed E-state index contributed by atoms with van der Waals surface area (Å²) >= 11 is 0. The van der Waals surface area contributed by atoms with E-state index in [0.717, 1.165) is 6.26 Å². The van der Waals surface area contributed by atoms with Crippen molar-refractivity contribution in [2.75, 3.05) is 12.8 Å². The maximum atomic E-state index is 11.9. The molecule has 0 aliphatic heterocycles. The number of hydrogen-bond donors (Lipinski definition) is 2. The predicted octanol–water partition coefficient (Wildman–Crippen LogP) is 0.344. The fourth-order valence-corrected chi connectivity index (χ4v) is 2.49. The van der Waals surface area contributed by atoms with Gasteiger partial charge in [0.05, 0.1) is 17.0 Å². The summed E-state index contributed by atoms with van der Waals surface area (Å²) in [6.07, 6.45) is 1.03. The van der Waals surface area contributed by atoms with Gasteiger partial charge < -0.3 is 10.6 Å². The van der Waals surface area contributed by atoms with Crippen molar-refractivity contribution in [2.45, 2.75) is 24.8 Å². The molecular formula is C13H18N2O4S. The molecule has 2 amide bonds. The van der Waals surface area contributed by atoms with E-state index in [1.54, 1.807) is 26.0 Å². The summed E-state index contributed by atoms with van der Waals surface area (Å²) in [6, 6.07) is 5.85. The van der Waals surface area contributed by atoms with Crippen LogP contribution in [0.25, 0.3) is 0 Å². The fraction of sp³-hybridized carbons (Fsp3) is 0.385. The zero-order chi connectivity index (χ0) is 15.3. The van der Waals surface area contributed by atoms with Crippen LogP contribution in [0.5, 0.6) is 0 Å². The number of sulfone groups is 1. The van der Waals surface area contributed by atoms with Gasteiger partial charge in [0.2, 0.25) is 5.91 Å². The Morgan fingerprint density at radius 3 is 2.35 bits per heavy atom. The second kappa shape index (κ2) is 6.51.